The fraction of sp³-hybridized carbons (Fsp3) is 0.324. The number of ketones is 3. The van der Waals surface area contributed by atoms with Crippen molar-refractivity contribution < 1.29 is 53.7 Å². The van der Waals surface area contributed by atoms with Crippen LogP contribution < -0.4 is 32.7 Å². The van der Waals surface area contributed by atoms with Crippen LogP contribution in [0.25, 0.3) is 0 Å². The van der Waals surface area contributed by atoms with Gasteiger partial charge in [-0.15, -0.1) is 61.2 Å². The van der Waals surface area contributed by atoms with Gasteiger partial charge in [0.15, 0.2) is 17.3 Å². The normalized spacial score (nSPS) is 18.1. The van der Waals surface area contributed by atoms with E-state index in [0.29, 0.717) is 78.7 Å². The number of carbonyl (C=O) groups is 8. The third kappa shape index (κ3) is 19.1. The van der Waals surface area contributed by atoms with E-state index in [9.17, 15) is 48.6 Å². The number of anilines is 6. The molecule has 29 nitrogen and oxygen atoms in total. The third-order valence-electron chi connectivity index (χ3n) is 18.9. The molecule has 11 aromatic rings. The molecule has 35 heteroatoms. The van der Waals surface area contributed by atoms with E-state index in [-0.39, 0.29) is 60.2 Å². The summed E-state index contributed by atoms with van der Waals surface area (Å²) in [5, 5.41) is 97.5. The highest BCUT2D eigenvalue weighted by atomic mass is 32.1. The van der Waals surface area contributed by atoms with Crippen LogP contribution in [0.1, 0.15) is 212 Å². The molecular weight excluding hydrogens is 1510 g/mol. The molecule has 7 unspecified atom stereocenters. The Kier molecular flexibility index (Phi) is 25.0. The molecule has 0 spiro atoms. The number of nitrogens with two attached hydrogens (primary N) is 2. The number of carboxylic acid groups (broad SMARTS) is 1. The summed E-state index contributed by atoms with van der Waals surface area (Å²) >= 11 is 8.28. The summed E-state index contributed by atoms with van der Waals surface area (Å²) in [4.78, 5) is 97.7. The Morgan fingerprint density at radius 1 is 0.330 bits per heavy atom. The lowest BCUT2D eigenvalue weighted by Crippen LogP contribution is -2.19. The highest BCUT2D eigenvalue weighted by molar-refractivity contribution is 7.16. The molecule has 560 valence electrons. The van der Waals surface area contributed by atoms with Gasteiger partial charge in [0.25, 0.3) is 0 Å². The number of rotatable bonds is 24. The summed E-state index contributed by atoms with van der Waals surface area (Å²) in [6.07, 6.45) is 10.1. The van der Waals surface area contributed by atoms with Crippen LogP contribution in [0.5, 0.6) is 0 Å². The van der Waals surface area contributed by atoms with Crippen molar-refractivity contribution in [1.82, 2.24) is 61.2 Å². The van der Waals surface area contributed by atoms with Gasteiger partial charge in [0.1, 0.15) is 30.0 Å². The van der Waals surface area contributed by atoms with Crippen LogP contribution in [0, 0.1) is 0 Å². The summed E-state index contributed by atoms with van der Waals surface area (Å²) in [6.45, 7) is 0. The zero-order valence-electron chi connectivity index (χ0n) is 58.2. The van der Waals surface area contributed by atoms with E-state index in [2.05, 4.69) is 82.5 Å². The minimum Gasteiger partial charge on any atom is -0.481 e. The first-order valence-electron chi connectivity index (χ1n) is 35.2. The number of hydrogen-bond donors (Lipinski definition) is 9. The molecule has 4 amide bonds. The van der Waals surface area contributed by atoms with Gasteiger partial charge in [-0.3, -0.25) is 59.6 Å². The maximum Gasteiger partial charge on any atom is 0.311 e. The number of aliphatic hydroxyl groups is 2. The van der Waals surface area contributed by atoms with E-state index >= 15 is 0 Å². The summed E-state index contributed by atoms with van der Waals surface area (Å²) in [6, 6.07) is 36.3. The molecule has 0 radical (unpaired) electrons. The number of aliphatic hydroxyl groups excluding tert-OH is 2. The fourth-order valence-electron chi connectivity index (χ4n) is 13.6. The molecule has 0 aliphatic heterocycles. The molecule has 6 aromatic heterocycles. The van der Waals surface area contributed by atoms with Crippen molar-refractivity contribution in [3.05, 3.63) is 207 Å². The summed E-state index contributed by atoms with van der Waals surface area (Å²) in [5.41, 5.74) is 18.3. The van der Waals surface area contributed by atoms with Crippen molar-refractivity contribution in [2.75, 3.05) is 32.7 Å². The number of nitrogens with zero attached hydrogens (tertiary/aromatic N) is 12. The number of amides is 4. The second-order valence-electron chi connectivity index (χ2n) is 26.2. The average Bonchev–Trinajstić information content (AvgIpc) is 1.67. The van der Waals surface area contributed by atoms with Crippen LogP contribution in [0.3, 0.4) is 0 Å². The molecule has 16 rings (SSSR count). The smallest absolute Gasteiger partial charge is 0.311 e. The van der Waals surface area contributed by atoms with Gasteiger partial charge in [0.05, 0.1) is 41.8 Å². The lowest BCUT2D eigenvalue weighted by molar-refractivity contribution is -0.138. The molecule has 109 heavy (non-hydrogen) atoms. The zero-order chi connectivity index (χ0) is 76.1. The van der Waals surface area contributed by atoms with E-state index in [1.165, 1.54) is 68.0 Å². The number of carboxylic acids is 1. The maximum absolute atomic E-state index is 12.8. The van der Waals surface area contributed by atoms with Crippen LogP contribution in [-0.4, -0.2) is 123 Å². The Labute approximate surface area is 647 Å². The third-order valence-corrected chi connectivity index (χ3v) is 24.1. The molecule has 0 saturated heterocycles. The molecule has 0 fully saturated rings. The van der Waals surface area contributed by atoms with Gasteiger partial charge in [-0.2, -0.15) is 0 Å². The number of aliphatic carboxylic acids is 1. The second-order valence-corrected chi connectivity index (χ2v) is 32.6. The Hall–Kier alpha value is -10.7. The Bertz CT molecular complexity index is 4880. The molecule has 0 saturated carbocycles. The summed E-state index contributed by atoms with van der Waals surface area (Å²) in [5.74, 6) is -4.33. The number of fused-ring (bicyclic) bond motifs is 5. The standard InChI is InChI=1S/C28H28N6O4S2.C28H24N6O4S2.C10H8O3.C8H12N6S2/c2*35-21-13-19(15-7-1-3-9-17(15)21)25(37)29-27-33-31-23(39-27)11-5-6-12-24-32-34-28(40-24)30-26(38)20-14-22(36)18-10-4-2-8-16(18)20;11-9-5-8(10(12)13)6-3-1-2-4-7(6)9;9-7-13-11-5(15-7)3-1-2-4-6-12-14-8(10)16-6/h1-4,7-10,19-22,35-36H,5-6,11-14H2,(H,29,33,37)(H,30,34,38);1-4,7-10,19-20H,5-6,11-14H2,(H,29,33,37)(H,30,34,38);1-4,8H,5H2,(H,12,13);1-4H2,(H2,9,13)(H2,10,14). The monoisotopic (exact) mass is 1580 g/mol. The molecular formula is C74H72N18O11S6. The van der Waals surface area contributed by atoms with E-state index < -0.39 is 47.8 Å². The lowest BCUT2D eigenvalue weighted by atomic mass is 10.0. The number of benzene rings is 5. The predicted octanol–water partition coefficient (Wildman–Crippen LogP) is 11.4. The summed E-state index contributed by atoms with van der Waals surface area (Å²) < 4.78 is 0. The zero-order valence-corrected chi connectivity index (χ0v) is 63.1. The number of nitrogen functional groups attached to an aromatic ring is 2. The Morgan fingerprint density at radius 3 is 0.872 bits per heavy atom. The van der Waals surface area contributed by atoms with Gasteiger partial charge in [0.2, 0.25) is 54.4 Å². The van der Waals surface area contributed by atoms with Crippen molar-refractivity contribution in [2.45, 2.75) is 151 Å². The van der Waals surface area contributed by atoms with Crippen LogP contribution >= 0.6 is 68.0 Å². The average molecular weight is 1580 g/mol. The Morgan fingerprint density at radius 2 is 0.578 bits per heavy atom. The van der Waals surface area contributed by atoms with Crippen LogP contribution in [0.15, 0.2) is 121 Å². The number of aromatic nitrogens is 12. The van der Waals surface area contributed by atoms with E-state index in [1.807, 2.05) is 72.8 Å². The fourth-order valence-corrected chi connectivity index (χ4v) is 18.0. The topological polar surface area (TPSA) is 452 Å². The minimum absolute atomic E-state index is 0.0188. The molecule has 5 aromatic carbocycles. The van der Waals surface area contributed by atoms with Gasteiger partial charge in [-0.05, 0) is 90.3 Å². The highest BCUT2D eigenvalue weighted by Crippen LogP contribution is 2.43. The maximum atomic E-state index is 12.8. The van der Waals surface area contributed by atoms with Crippen molar-refractivity contribution in [3.8, 4) is 0 Å². The predicted molar refractivity (Wildman–Crippen MR) is 412 cm³/mol. The van der Waals surface area contributed by atoms with Gasteiger partial charge in [-0.1, -0.05) is 189 Å². The second kappa shape index (κ2) is 35.6. The van der Waals surface area contributed by atoms with Gasteiger partial charge >= 0.3 is 5.97 Å². The van der Waals surface area contributed by atoms with E-state index in [1.54, 1.807) is 48.5 Å². The molecule has 5 aliphatic rings. The van der Waals surface area contributed by atoms with Crippen molar-refractivity contribution >= 4 is 146 Å². The Balaban J connectivity index is 0.000000141. The van der Waals surface area contributed by atoms with Gasteiger partial charge in [0, 0.05) is 74.5 Å². The van der Waals surface area contributed by atoms with Gasteiger partial charge < -0.3 is 26.8 Å². The highest BCUT2D eigenvalue weighted by Gasteiger charge is 2.39. The number of unbranched alkanes of at least 4 members (excludes halogenated alkanes) is 3. The minimum atomic E-state index is -0.918. The van der Waals surface area contributed by atoms with E-state index in [4.69, 9.17) is 16.6 Å². The SMILES string of the molecule is Nc1nnc(CCCCc2nnc(N)s2)s1.O=C(Nc1nnc(CCCCc2nnc(NC(=O)C3CC(O)c4ccccc43)s2)s1)C1CC(O)c2ccccc21.O=C1CC(C(=O)Nc2nnc(CCCCc3nnc(NC(=O)C4CC(=O)c5ccccc54)s3)s2)c2ccccc21.O=C1CC(C(=O)O)c2ccccc21. The van der Waals surface area contributed by atoms with Crippen molar-refractivity contribution in [2.24, 2.45) is 0 Å². The molecule has 5 aliphatic carbocycles. The first-order chi connectivity index (χ1) is 52.9. The quantitative estimate of drug-likeness (QED) is 0.0254. The largest absolute Gasteiger partial charge is 0.481 e. The van der Waals surface area contributed by atoms with Crippen LogP contribution in [-0.2, 0) is 62.5 Å². The van der Waals surface area contributed by atoms with Crippen molar-refractivity contribution in [3.63, 3.8) is 0 Å². The summed E-state index contributed by atoms with van der Waals surface area (Å²) in [7, 11) is 0. The van der Waals surface area contributed by atoms with E-state index in [0.717, 1.165) is 128 Å². The molecule has 6 heterocycles. The first kappa shape index (κ1) is 76.5. The van der Waals surface area contributed by atoms with Crippen LogP contribution in [0.4, 0.5) is 30.8 Å². The van der Waals surface area contributed by atoms with Gasteiger partial charge in [-0.25, -0.2) is 0 Å². The molecule has 11 N–H and O–H groups in total. The number of aryl methyl sites for hydroxylation is 6. The molecule has 7 atom stereocenters. The van der Waals surface area contributed by atoms with Crippen molar-refractivity contribution in [1.29, 1.82) is 0 Å². The molecule has 0 bridgehead atoms. The number of nitrogens with one attached hydrogen (secondary N) is 4. The number of carbonyl (C=O) groups excluding carboxylic acids is 7. The lowest BCUT2D eigenvalue weighted by Gasteiger charge is -2.09. The first-order valence-corrected chi connectivity index (χ1v) is 40.1. The number of hydrogen-bond acceptors (Lipinski definition) is 30. The number of Topliss-reactive ketones (excluding diaryl/α,β-unsaturated/α-hetero) is 3. The van der Waals surface area contributed by atoms with Crippen LogP contribution in [0.2, 0.25) is 0 Å².